The van der Waals surface area contributed by atoms with Crippen LogP contribution < -0.4 is 20.2 Å². The van der Waals surface area contributed by atoms with E-state index in [1.54, 1.807) is 26.5 Å². The molecule has 1 N–H and O–H groups in total. The number of hydrogen-bond donors (Lipinski definition) is 1. The molecule has 1 atom stereocenters. The topological polar surface area (TPSA) is 69.6 Å². The van der Waals surface area contributed by atoms with Crippen molar-refractivity contribution < 1.29 is 14.3 Å². The fourth-order valence-electron chi connectivity index (χ4n) is 3.41. The van der Waals surface area contributed by atoms with Gasteiger partial charge in [-0.05, 0) is 50.6 Å². The zero-order valence-corrected chi connectivity index (χ0v) is 17.4. The first-order valence-electron chi connectivity index (χ1n) is 9.56. The number of amides is 1. The lowest BCUT2D eigenvalue weighted by Crippen LogP contribution is -2.31. The largest absolute Gasteiger partial charge is 0.493 e. The highest BCUT2D eigenvalue weighted by Crippen LogP contribution is 2.30. The Morgan fingerprint density at radius 2 is 1.83 bits per heavy atom. The van der Waals surface area contributed by atoms with Crippen LogP contribution in [0.5, 0.6) is 11.5 Å². The highest BCUT2D eigenvalue weighted by Gasteiger charge is 2.18. The molecule has 0 fully saturated rings. The molecule has 0 spiro atoms. The molecule has 3 aromatic rings. The lowest BCUT2D eigenvalue weighted by Gasteiger charge is -2.17. The number of nitrogens with zero attached hydrogens (tertiary/aromatic N) is 1. The zero-order chi connectivity index (χ0) is 21.1. The number of pyridine rings is 1. The normalized spacial score (nSPS) is 11.9. The second-order valence-electron chi connectivity index (χ2n) is 6.99. The van der Waals surface area contributed by atoms with Gasteiger partial charge in [-0.2, -0.15) is 0 Å². The van der Waals surface area contributed by atoms with E-state index in [1.807, 2.05) is 55.7 Å². The van der Waals surface area contributed by atoms with Gasteiger partial charge in [0.1, 0.15) is 5.56 Å². The van der Waals surface area contributed by atoms with Crippen LogP contribution in [0.2, 0.25) is 0 Å². The minimum Gasteiger partial charge on any atom is -0.493 e. The number of carbonyl (C=O) groups is 1. The number of rotatable bonds is 6. The van der Waals surface area contributed by atoms with Crippen molar-refractivity contribution in [1.82, 2.24) is 9.88 Å². The zero-order valence-electron chi connectivity index (χ0n) is 17.4. The third kappa shape index (κ3) is 3.97. The molecule has 2 aromatic carbocycles. The molecule has 0 aliphatic carbocycles. The van der Waals surface area contributed by atoms with Crippen LogP contribution in [0.15, 0.2) is 47.4 Å². The number of fused-ring (bicyclic) bond motifs is 1. The minimum atomic E-state index is -0.400. The number of hydrogen-bond acceptors (Lipinski definition) is 4. The predicted octanol–water partition coefficient (Wildman–Crippen LogP) is 3.84. The first-order chi connectivity index (χ1) is 13.9. The van der Waals surface area contributed by atoms with Gasteiger partial charge in [0.15, 0.2) is 11.5 Å². The summed E-state index contributed by atoms with van der Waals surface area (Å²) in [7, 11) is 3.14. The molecule has 0 aliphatic rings. The number of methoxy groups -OCH3 is 2. The van der Waals surface area contributed by atoms with Crippen LogP contribution in [0.25, 0.3) is 10.9 Å². The summed E-state index contributed by atoms with van der Waals surface area (Å²) < 4.78 is 12.5. The molecule has 0 unspecified atom stereocenters. The summed E-state index contributed by atoms with van der Waals surface area (Å²) >= 11 is 0. The van der Waals surface area contributed by atoms with Crippen LogP contribution in [-0.4, -0.2) is 24.7 Å². The highest BCUT2D eigenvalue weighted by atomic mass is 16.5. The maximum Gasteiger partial charge on any atom is 0.257 e. The van der Waals surface area contributed by atoms with Crippen molar-refractivity contribution in [3.8, 4) is 11.5 Å². The smallest absolute Gasteiger partial charge is 0.257 e. The van der Waals surface area contributed by atoms with Gasteiger partial charge < -0.3 is 19.4 Å². The Balaban J connectivity index is 1.96. The van der Waals surface area contributed by atoms with Crippen LogP contribution in [0, 0.1) is 6.92 Å². The van der Waals surface area contributed by atoms with Gasteiger partial charge in [0.25, 0.3) is 5.91 Å². The summed E-state index contributed by atoms with van der Waals surface area (Å²) in [6, 6.07) is 10.9. The molecule has 0 aliphatic heterocycles. The molecular formula is C23H26N2O4. The van der Waals surface area contributed by atoms with E-state index >= 15 is 0 Å². The van der Waals surface area contributed by atoms with Crippen molar-refractivity contribution in [2.24, 2.45) is 0 Å². The van der Waals surface area contributed by atoms with Crippen LogP contribution in [0.4, 0.5) is 0 Å². The predicted molar refractivity (Wildman–Crippen MR) is 114 cm³/mol. The van der Waals surface area contributed by atoms with E-state index < -0.39 is 5.91 Å². The summed E-state index contributed by atoms with van der Waals surface area (Å²) in [6.45, 7) is 6.44. The van der Waals surface area contributed by atoms with E-state index in [0.29, 0.717) is 23.4 Å². The highest BCUT2D eigenvalue weighted by molar-refractivity contribution is 5.97. The fourth-order valence-corrected chi connectivity index (χ4v) is 3.41. The monoisotopic (exact) mass is 394 g/mol. The third-order valence-electron chi connectivity index (χ3n) is 5.08. The molecule has 0 saturated carbocycles. The van der Waals surface area contributed by atoms with Gasteiger partial charge in [0, 0.05) is 18.1 Å². The summed E-state index contributed by atoms with van der Waals surface area (Å²) in [5.41, 5.74) is 2.53. The van der Waals surface area contributed by atoms with E-state index in [0.717, 1.165) is 16.6 Å². The summed E-state index contributed by atoms with van der Waals surface area (Å²) in [5, 5.41) is 3.48. The van der Waals surface area contributed by atoms with E-state index in [-0.39, 0.29) is 17.0 Å². The summed E-state index contributed by atoms with van der Waals surface area (Å²) in [6.07, 6.45) is 1.64. The third-order valence-corrected chi connectivity index (χ3v) is 5.08. The number of benzene rings is 2. The lowest BCUT2D eigenvalue weighted by molar-refractivity contribution is 0.0938. The van der Waals surface area contributed by atoms with Crippen LogP contribution in [0.3, 0.4) is 0 Å². The first-order valence-corrected chi connectivity index (χ1v) is 9.56. The quantitative estimate of drug-likeness (QED) is 0.690. The van der Waals surface area contributed by atoms with Crippen molar-refractivity contribution >= 4 is 16.8 Å². The van der Waals surface area contributed by atoms with Gasteiger partial charge in [-0.25, -0.2) is 0 Å². The van der Waals surface area contributed by atoms with Gasteiger partial charge >= 0.3 is 0 Å². The summed E-state index contributed by atoms with van der Waals surface area (Å²) in [4.78, 5) is 25.9. The van der Waals surface area contributed by atoms with Gasteiger partial charge in [0.05, 0.1) is 25.8 Å². The molecule has 0 radical (unpaired) electrons. The van der Waals surface area contributed by atoms with Gasteiger partial charge in [-0.1, -0.05) is 17.7 Å². The van der Waals surface area contributed by atoms with Gasteiger partial charge in [0.2, 0.25) is 5.43 Å². The number of aromatic nitrogens is 1. The molecule has 6 heteroatoms. The molecule has 1 heterocycles. The van der Waals surface area contributed by atoms with Crippen molar-refractivity contribution in [2.45, 2.75) is 33.4 Å². The summed E-state index contributed by atoms with van der Waals surface area (Å²) in [5.74, 6) is 0.800. The van der Waals surface area contributed by atoms with Crippen LogP contribution in [0.1, 0.15) is 41.4 Å². The second kappa shape index (κ2) is 8.39. The van der Waals surface area contributed by atoms with E-state index in [4.69, 9.17) is 9.47 Å². The maximum atomic E-state index is 13.0. The average Bonchev–Trinajstić information content (AvgIpc) is 2.73. The SMILES string of the molecule is CCn1cc(C(=O)N[C@H](C)c2ccc(OC)c(OC)c2)c(=O)c2cc(C)ccc21. The van der Waals surface area contributed by atoms with Crippen molar-refractivity contribution in [3.05, 3.63) is 69.5 Å². The average molecular weight is 394 g/mol. The fraction of sp³-hybridized carbons (Fsp3) is 0.304. The molecule has 152 valence electrons. The Kier molecular flexibility index (Phi) is 5.92. The maximum absolute atomic E-state index is 13.0. The van der Waals surface area contributed by atoms with Crippen LogP contribution >= 0.6 is 0 Å². The first kappa shape index (κ1) is 20.5. The number of carbonyl (C=O) groups excluding carboxylic acids is 1. The molecule has 0 bridgehead atoms. The molecule has 1 aromatic heterocycles. The standard InChI is InChI=1S/C23H26N2O4/c1-6-25-13-18(22(26)17-11-14(2)7-9-19(17)25)23(27)24-15(3)16-8-10-20(28-4)21(12-16)29-5/h7-13,15H,6H2,1-5H3,(H,24,27)/t15-/m1/s1. The van der Waals surface area contributed by atoms with Crippen LogP contribution in [-0.2, 0) is 6.54 Å². The number of nitrogens with one attached hydrogen (secondary N) is 1. The Bertz CT molecular complexity index is 1120. The van der Waals surface area contributed by atoms with Gasteiger partial charge in [-0.15, -0.1) is 0 Å². The van der Waals surface area contributed by atoms with Crippen molar-refractivity contribution in [2.75, 3.05) is 14.2 Å². The number of aryl methyl sites for hydroxylation is 2. The van der Waals surface area contributed by atoms with E-state index in [9.17, 15) is 9.59 Å². The number of ether oxygens (including phenoxy) is 2. The van der Waals surface area contributed by atoms with Crippen molar-refractivity contribution in [3.63, 3.8) is 0 Å². The molecular weight excluding hydrogens is 368 g/mol. The molecule has 0 saturated heterocycles. The molecule has 29 heavy (non-hydrogen) atoms. The second-order valence-corrected chi connectivity index (χ2v) is 6.99. The Morgan fingerprint density at radius 3 is 2.48 bits per heavy atom. The van der Waals surface area contributed by atoms with Crippen molar-refractivity contribution in [1.29, 1.82) is 0 Å². The molecule has 6 nitrogen and oxygen atoms in total. The lowest BCUT2D eigenvalue weighted by atomic mass is 10.1. The molecule has 1 amide bonds. The Morgan fingerprint density at radius 1 is 1.10 bits per heavy atom. The Hall–Kier alpha value is -3.28. The Labute approximate surface area is 170 Å². The van der Waals surface area contributed by atoms with Gasteiger partial charge in [-0.3, -0.25) is 9.59 Å². The van der Waals surface area contributed by atoms with E-state index in [1.165, 1.54) is 0 Å². The molecule has 3 rings (SSSR count). The van der Waals surface area contributed by atoms with E-state index in [2.05, 4.69) is 5.32 Å². The minimum absolute atomic E-state index is 0.136.